The molecule has 0 aliphatic carbocycles. The van der Waals surface area contributed by atoms with Crippen molar-refractivity contribution in [1.29, 1.82) is 0 Å². The van der Waals surface area contributed by atoms with Crippen LogP contribution in [0, 0.1) is 6.92 Å². The summed E-state index contributed by atoms with van der Waals surface area (Å²) in [6, 6.07) is 15.9. The number of piperidine rings is 1. The molecule has 4 aromatic rings. The van der Waals surface area contributed by atoms with Crippen LogP contribution in [0.25, 0.3) is 22.2 Å². The Balaban J connectivity index is 1.30. The fraction of sp³-hybridized carbons (Fsp3) is 0.280. The van der Waals surface area contributed by atoms with E-state index in [1.165, 1.54) is 0 Å². The highest BCUT2D eigenvalue weighted by molar-refractivity contribution is 5.99. The number of likely N-dealkylation sites (tertiary alicyclic amines) is 1. The van der Waals surface area contributed by atoms with Crippen LogP contribution in [0.1, 0.15) is 34.5 Å². The average Bonchev–Trinajstić information content (AvgIpc) is 3.35. The fourth-order valence-electron chi connectivity index (χ4n) is 5.07. The summed E-state index contributed by atoms with van der Waals surface area (Å²) in [4.78, 5) is 15.2. The minimum atomic E-state index is -0.461. The van der Waals surface area contributed by atoms with Gasteiger partial charge in [-0.2, -0.15) is 5.10 Å². The second-order valence-electron chi connectivity index (χ2n) is 8.47. The van der Waals surface area contributed by atoms with Gasteiger partial charge in [0.1, 0.15) is 16.9 Å². The Morgan fingerprint density at radius 3 is 2.61 bits per heavy atom. The van der Waals surface area contributed by atoms with Crippen molar-refractivity contribution >= 4 is 16.9 Å². The maximum atomic E-state index is 13.3. The molecule has 156 valence electrons. The molecule has 1 amide bonds. The van der Waals surface area contributed by atoms with Gasteiger partial charge in [-0.05, 0) is 25.1 Å². The Labute approximate surface area is 180 Å². The molecule has 0 saturated carbocycles. The number of benzene rings is 2. The van der Waals surface area contributed by atoms with Gasteiger partial charge in [0.2, 0.25) is 0 Å². The van der Waals surface area contributed by atoms with Crippen molar-refractivity contribution in [3.63, 3.8) is 0 Å². The van der Waals surface area contributed by atoms with Crippen LogP contribution in [-0.4, -0.2) is 33.7 Å². The van der Waals surface area contributed by atoms with E-state index in [1.54, 1.807) is 0 Å². The number of ether oxygens (including phenoxy) is 1. The van der Waals surface area contributed by atoms with Gasteiger partial charge in [-0.1, -0.05) is 30.3 Å². The zero-order valence-electron chi connectivity index (χ0n) is 17.6. The van der Waals surface area contributed by atoms with Crippen LogP contribution >= 0.6 is 0 Å². The molecule has 2 aliphatic rings. The molecule has 31 heavy (non-hydrogen) atoms. The normalized spacial score (nSPS) is 16.8. The number of hydrogen-bond donors (Lipinski definition) is 0. The first-order valence-corrected chi connectivity index (χ1v) is 10.7. The largest absolute Gasteiger partial charge is 0.482 e. The molecule has 6 rings (SSSR count). The first-order chi connectivity index (χ1) is 15.1. The lowest BCUT2D eigenvalue weighted by Crippen LogP contribution is -2.49. The predicted octanol–water partition coefficient (Wildman–Crippen LogP) is 4.67. The lowest BCUT2D eigenvalue weighted by molar-refractivity contribution is -0.00257. The fourth-order valence-corrected chi connectivity index (χ4v) is 5.07. The topological polar surface area (TPSA) is 60.5 Å². The van der Waals surface area contributed by atoms with Crippen LogP contribution in [0.4, 0.5) is 0 Å². The quantitative estimate of drug-likeness (QED) is 0.455. The van der Waals surface area contributed by atoms with Gasteiger partial charge in [0, 0.05) is 55.1 Å². The van der Waals surface area contributed by atoms with Crippen molar-refractivity contribution in [2.24, 2.45) is 7.05 Å². The Morgan fingerprint density at radius 2 is 1.81 bits per heavy atom. The number of amides is 1. The van der Waals surface area contributed by atoms with Crippen molar-refractivity contribution in [3.05, 3.63) is 71.6 Å². The van der Waals surface area contributed by atoms with Crippen LogP contribution in [0.15, 0.2) is 59.1 Å². The van der Waals surface area contributed by atoms with Crippen LogP contribution in [0.3, 0.4) is 0 Å². The number of carbonyl (C=O) groups is 1. The molecule has 1 fully saturated rings. The zero-order chi connectivity index (χ0) is 21.2. The van der Waals surface area contributed by atoms with Gasteiger partial charge in [-0.25, -0.2) is 0 Å². The SMILES string of the molecule is Cc1c(C(=O)N2CCC3(CC2)Oc2ccccc2-c2c3cnn2C)oc2ccccc12. The number of rotatable bonds is 1. The van der Waals surface area contributed by atoms with E-state index in [1.807, 2.05) is 72.2 Å². The van der Waals surface area contributed by atoms with Gasteiger partial charge in [0.15, 0.2) is 5.76 Å². The van der Waals surface area contributed by atoms with E-state index in [-0.39, 0.29) is 5.91 Å². The Hall–Kier alpha value is -3.54. The number of hydrogen-bond acceptors (Lipinski definition) is 4. The summed E-state index contributed by atoms with van der Waals surface area (Å²) in [7, 11) is 1.97. The average molecular weight is 413 g/mol. The molecule has 0 bridgehead atoms. The van der Waals surface area contributed by atoms with E-state index in [4.69, 9.17) is 9.15 Å². The minimum absolute atomic E-state index is 0.0498. The van der Waals surface area contributed by atoms with E-state index in [0.717, 1.165) is 39.1 Å². The lowest BCUT2D eigenvalue weighted by atomic mass is 9.81. The van der Waals surface area contributed by atoms with Gasteiger partial charge >= 0.3 is 0 Å². The molecular formula is C25H23N3O3. The molecule has 6 heteroatoms. The number of fused-ring (bicyclic) bond motifs is 5. The molecule has 2 aromatic heterocycles. The zero-order valence-corrected chi connectivity index (χ0v) is 17.6. The van der Waals surface area contributed by atoms with Crippen LogP contribution in [0.5, 0.6) is 5.75 Å². The molecule has 1 spiro atoms. The van der Waals surface area contributed by atoms with E-state index >= 15 is 0 Å². The summed E-state index contributed by atoms with van der Waals surface area (Å²) in [5.41, 5.74) is 4.48. The highest BCUT2D eigenvalue weighted by Crippen LogP contribution is 2.49. The van der Waals surface area contributed by atoms with Gasteiger partial charge in [0.25, 0.3) is 5.91 Å². The van der Waals surface area contributed by atoms with Gasteiger partial charge < -0.3 is 14.1 Å². The second kappa shape index (κ2) is 6.48. The Kier molecular flexibility index (Phi) is 3.81. The van der Waals surface area contributed by atoms with Gasteiger partial charge in [-0.15, -0.1) is 0 Å². The molecule has 0 atom stereocenters. The first kappa shape index (κ1) is 18.2. The van der Waals surface area contributed by atoms with Crippen molar-refractivity contribution < 1.29 is 13.9 Å². The first-order valence-electron chi connectivity index (χ1n) is 10.7. The van der Waals surface area contributed by atoms with Gasteiger partial charge in [0.05, 0.1) is 11.9 Å². The van der Waals surface area contributed by atoms with E-state index in [0.29, 0.717) is 31.7 Å². The predicted molar refractivity (Wildman–Crippen MR) is 117 cm³/mol. The maximum Gasteiger partial charge on any atom is 0.289 e. The molecular weight excluding hydrogens is 390 g/mol. The maximum absolute atomic E-state index is 13.3. The Bertz CT molecular complexity index is 1330. The summed E-state index contributed by atoms with van der Waals surface area (Å²) < 4.78 is 14.4. The van der Waals surface area contributed by atoms with Crippen LogP contribution < -0.4 is 4.74 Å². The van der Waals surface area contributed by atoms with Crippen LogP contribution in [0.2, 0.25) is 0 Å². The Morgan fingerprint density at radius 1 is 1.06 bits per heavy atom. The highest BCUT2D eigenvalue weighted by Gasteiger charge is 2.46. The number of para-hydroxylation sites is 2. The molecule has 1 saturated heterocycles. The lowest BCUT2D eigenvalue weighted by Gasteiger charge is -2.44. The minimum Gasteiger partial charge on any atom is -0.482 e. The molecule has 0 radical (unpaired) electrons. The number of carbonyl (C=O) groups excluding carboxylic acids is 1. The molecule has 6 nitrogen and oxygen atoms in total. The smallest absolute Gasteiger partial charge is 0.289 e. The number of aromatic nitrogens is 2. The third-order valence-electron chi connectivity index (χ3n) is 6.77. The molecule has 2 aliphatic heterocycles. The monoisotopic (exact) mass is 413 g/mol. The highest BCUT2D eigenvalue weighted by atomic mass is 16.5. The summed E-state index contributed by atoms with van der Waals surface area (Å²) in [5, 5.41) is 5.52. The summed E-state index contributed by atoms with van der Waals surface area (Å²) in [6.07, 6.45) is 3.35. The van der Waals surface area contributed by atoms with Crippen molar-refractivity contribution in [3.8, 4) is 17.0 Å². The summed E-state index contributed by atoms with van der Waals surface area (Å²) in [6.45, 7) is 3.16. The molecule has 4 heterocycles. The number of nitrogens with zero attached hydrogens (tertiary/aromatic N) is 3. The molecule has 0 N–H and O–H groups in total. The standard InChI is InChI=1S/C25H23N3O3/c1-16-17-7-3-5-9-20(17)30-23(16)24(29)28-13-11-25(12-14-28)19-15-26-27(2)22(19)18-8-4-6-10-21(18)31-25/h3-10,15H,11-14H2,1-2H3. The molecule has 0 unspecified atom stereocenters. The number of furan rings is 1. The third kappa shape index (κ3) is 2.57. The van der Waals surface area contributed by atoms with E-state index in [9.17, 15) is 4.79 Å². The van der Waals surface area contributed by atoms with Crippen molar-refractivity contribution in [2.45, 2.75) is 25.4 Å². The third-order valence-corrected chi connectivity index (χ3v) is 6.77. The van der Waals surface area contributed by atoms with Crippen molar-refractivity contribution in [2.75, 3.05) is 13.1 Å². The molecule has 2 aromatic carbocycles. The van der Waals surface area contributed by atoms with E-state index in [2.05, 4.69) is 11.2 Å². The van der Waals surface area contributed by atoms with Gasteiger partial charge in [-0.3, -0.25) is 9.48 Å². The summed E-state index contributed by atoms with van der Waals surface area (Å²) in [5.74, 6) is 1.27. The second-order valence-corrected chi connectivity index (χ2v) is 8.47. The van der Waals surface area contributed by atoms with Crippen LogP contribution in [-0.2, 0) is 12.6 Å². The van der Waals surface area contributed by atoms with E-state index < -0.39 is 5.60 Å². The number of aryl methyl sites for hydroxylation is 2. The summed E-state index contributed by atoms with van der Waals surface area (Å²) >= 11 is 0. The van der Waals surface area contributed by atoms with Crippen molar-refractivity contribution in [1.82, 2.24) is 14.7 Å².